The highest BCUT2D eigenvalue weighted by molar-refractivity contribution is 9.10. The quantitative estimate of drug-likeness (QED) is 0.710. The standard InChI is InChI=1S/C16H26BrNSi/c1-19(2,3)12-14(11-18-16-8-9-16)10-13-4-6-15(17)7-5-13/h4-7,14,16,18H,8-12H2,1-3H3. The van der Waals surface area contributed by atoms with Crippen molar-refractivity contribution in [1.29, 1.82) is 0 Å². The minimum absolute atomic E-state index is 0.799. The Morgan fingerprint density at radius 2 is 1.84 bits per heavy atom. The van der Waals surface area contributed by atoms with Crippen molar-refractivity contribution in [3.8, 4) is 0 Å². The largest absolute Gasteiger partial charge is 0.314 e. The SMILES string of the molecule is C[Si](C)(C)CC(CNC1CC1)Cc1ccc(Br)cc1. The monoisotopic (exact) mass is 339 g/mol. The average Bonchev–Trinajstić information content (AvgIpc) is 3.11. The second-order valence-corrected chi connectivity index (χ2v) is 13.6. The van der Waals surface area contributed by atoms with Crippen molar-refractivity contribution in [2.75, 3.05) is 6.54 Å². The van der Waals surface area contributed by atoms with Gasteiger partial charge in [0.2, 0.25) is 0 Å². The Kier molecular flexibility index (Phi) is 5.27. The Hall–Kier alpha value is -0.123. The number of hydrogen-bond acceptors (Lipinski definition) is 1. The van der Waals surface area contributed by atoms with Gasteiger partial charge in [-0.3, -0.25) is 0 Å². The lowest BCUT2D eigenvalue weighted by Crippen LogP contribution is -2.32. The van der Waals surface area contributed by atoms with E-state index >= 15 is 0 Å². The minimum atomic E-state index is -0.986. The van der Waals surface area contributed by atoms with Crippen LogP contribution in [0.3, 0.4) is 0 Å². The van der Waals surface area contributed by atoms with Gasteiger partial charge in [0, 0.05) is 18.6 Å². The Bertz CT molecular complexity index is 392. The van der Waals surface area contributed by atoms with Gasteiger partial charge in [0.15, 0.2) is 0 Å². The van der Waals surface area contributed by atoms with Gasteiger partial charge in [-0.25, -0.2) is 0 Å². The summed E-state index contributed by atoms with van der Waals surface area (Å²) in [7, 11) is -0.986. The summed E-state index contributed by atoms with van der Waals surface area (Å²) in [5.41, 5.74) is 1.48. The molecule has 19 heavy (non-hydrogen) atoms. The van der Waals surface area contributed by atoms with Crippen LogP contribution >= 0.6 is 15.9 Å². The topological polar surface area (TPSA) is 12.0 Å². The maximum absolute atomic E-state index is 3.72. The Morgan fingerprint density at radius 3 is 2.37 bits per heavy atom. The zero-order valence-corrected chi connectivity index (χ0v) is 15.0. The number of halogens is 1. The number of benzene rings is 1. The summed E-state index contributed by atoms with van der Waals surface area (Å²) in [6, 6.07) is 11.1. The first kappa shape index (κ1) is 15.3. The Morgan fingerprint density at radius 1 is 1.21 bits per heavy atom. The molecule has 0 radical (unpaired) electrons. The molecule has 2 rings (SSSR count). The van der Waals surface area contributed by atoms with E-state index in [1.165, 1.54) is 41.9 Å². The van der Waals surface area contributed by atoms with E-state index < -0.39 is 8.07 Å². The molecule has 0 saturated heterocycles. The molecule has 1 unspecified atom stereocenters. The molecule has 1 fully saturated rings. The summed E-state index contributed by atoms with van der Waals surface area (Å²) in [6.07, 6.45) is 3.99. The lowest BCUT2D eigenvalue weighted by molar-refractivity contribution is 0.504. The first-order chi connectivity index (χ1) is 8.92. The molecule has 3 heteroatoms. The number of rotatable bonds is 7. The second-order valence-electron chi connectivity index (χ2n) is 7.14. The predicted molar refractivity (Wildman–Crippen MR) is 90.5 cm³/mol. The normalized spacial score (nSPS) is 17.5. The van der Waals surface area contributed by atoms with E-state index in [2.05, 4.69) is 65.2 Å². The first-order valence-corrected chi connectivity index (χ1v) is 11.9. The average molecular weight is 340 g/mol. The predicted octanol–water partition coefficient (Wildman–Crippen LogP) is 4.70. The third-order valence-corrected chi connectivity index (χ3v) is 5.94. The Balaban J connectivity index is 1.92. The molecule has 0 amide bonds. The lowest BCUT2D eigenvalue weighted by atomic mass is 10.0. The fraction of sp³-hybridized carbons (Fsp3) is 0.625. The summed E-state index contributed by atoms with van der Waals surface area (Å²) in [6.45, 7) is 8.65. The summed E-state index contributed by atoms with van der Waals surface area (Å²) in [5, 5.41) is 3.72. The van der Waals surface area contributed by atoms with Crippen molar-refractivity contribution >= 4 is 24.0 Å². The van der Waals surface area contributed by atoms with Gasteiger partial charge in [-0.1, -0.05) is 53.7 Å². The molecule has 106 valence electrons. The van der Waals surface area contributed by atoms with Crippen molar-refractivity contribution in [1.82, 2.24) is 5.32 Å². The molecule has 0 aromatic heterocycles. The Labute approximate surface area is 127 Å². The van der Waals surface area contributed by atoms with Gasteiger partial charge in [-0.05, 0) is 49.4 Å². The highest BCUT2D eigenvalue weighted by Crippen LogP contribution is 2.24. The minimum Gasteiger partial charge on any atom is -0.314 e. The summed E-state index contributed by atoms with van der Waals surface area (Å²) >= 11 is 3.51. The highest BCUT2D eigenvalue weighted by Gasteiger charge is 2.25. The van der Waals surface area contributed by atoms with E-state index in [0.29, 0.717) is 0 Å². The molecule has 0 aliphatic heterocycles. The molecule has 0 spiro atoms. The van der Waals surface area contributed by atoms with E-state index in [1.54, 1.807) is 0 Å². The summed E-state index contributed by atoms with van der Waals surface area (Å²) in [5.74, 6) is 0.799. The smallest absolute Gasteiger partial charge is 0.0446 e. The van der Waals surface area contributed by atoms with Crippen molar-refractivity contribution in [3.05, 3.63) is 34.3 Å². The number of nitrogens with one attached hydrogen (secondary N) is 1. The van der Waals surface area contributed by atoms with Crippen LogP contribution in [0.4, 0.5) is 0 Å². The molecule has 1 aliphatic carbocycles. The molecular formula is C16H26BrNSi. The molecule has 1 N–H and O–H groups in total. The molecule has 1 aromatic rings. The van der Waals surface area contributed by atoms with Crippen LogP contribution in [0, 0.1) is 5.92 Å². The third kappa shape index (κ3) is 6.24. The van der Waals surface area contributed by atoms with Crippen LogP contribution in [0.5, 0.6) is 0 Å². The van der Waals surface area contributed by atoms with Gasteiger partial charge in [0.1, 0.15) is 0 Å². The number of hydrogen-bond donors (Lipinski definition) is 1. The molecule has 1 saturated carbocycles. The molecule has 1 nitrogen and oxygen atoms in total. The third-order valence-electron chi connectivity index (χ3n) is 3.61. The zero-order valence-electron chi connectivity index (χ0n) is 12.4. The molecule has 0 heterocycles. The fourth-order valence-electron chi connectivity index (χ4n) is 2.66. The van der Waals surface area contributed by atoms with Crippen LogP contribution in [0.25, 0.3) is 0 Å². The van der Waals surface area contributed by atoms with Crippen LogP contribution in [0.1, 0.15) is 18.4 Å². The van der Waals surface area contributed by atoms with Gasteiger partial charge in [-0.2, -0.15) is 0 Å². The van der Waals surface area contributed by atoms with E-state index in [9.17, 15) is 0 Å². The molecule has 1 aromatic carbocycles. The van der Waals surface area contributed by atoms with Crippen LogP contribution in [-0.4, -0.2) is 20.7 Å². The van der Waals surface area contributed by atoms with Gasteiger partial charge < -0.3 is 5.32 Å². The molecule has 1 aliphatic rings. The lowest BCUT2D eigenvalue weighted by Gasteiger charge is -2.25. The molecule has 0 bridgehead atoms. The second kappa shape index (κ2) is 6.55. The summed E-state index contributed by atoms with van der Waals surface area (Å²) < 4.78 is 1.18. The van der Waals surface area contributed by atoms with Gasteiger partial charge in [0.25, 0.3) is 0 Å². The van der Waals surface area contributed by atoms with Gasteiger partial charge in [0.05, 0.1) is 0 Å². The van der Waals surface area contributed by atoms with Crippen LogP contribution in [-0.2, 0) is 6.42 Å². The van der Waals surface area contributed by atoms with Crippen molar-refractivity contribution < 1.29 is 0 Å². The molecule has 1 atom stereocenters. The first-order valence-electron chi connectivity index (χ1n) is 7.40. The summed E-state index contributed by atoms with van der Waals surface area (Å²) in [4.78, 5) is 0. The van der Waals surface area contributed by atoms with Crippen molar-refractivity contribution in [2.45, 2.75) is 51.0 Å². The zero-order chi connectivity index (χ0) is 13.9. The van der Waals surface area contributed by atoms with Gasteiger partial charge in [-0.15, -0.1) is 0 Å². The van der Waals surface area contributed by atoms with Crippen LogP contribution in [0.2, 0.25) is 25.7 Å². The molecular weight excluding hydrogens is 314 g/mol. The van der Waals surface area contributed by atoms with E-state index in [1.807, 2.05) is 0 Å². The maximum Gasteiger partial charge on any atom is 0.0446 e. The van der Waals surface area contributed by atoms with Gasteiger partial charge >= 0.3 is 0 Å². The van der Waals surface area contributed by atoms with E-state index in [-0.39, 0.29) is 0 Å². The van der Waals surface area contributed by atoms with Crippen LogP contribution < -0.4 is 5.32 Å². The van der Waals surface area contributed by atoms with E-state index in [0.717, 1.165) is 12.0 Å². The highest BCUT2D eigenvalue weighted by atomic mass is 79.9. The van der Waals surface area contributed by atoms with Crippen molar-refractivity contribution in [2.24, 2.45) is 5.92 Å². The fourth-order valence-corrected chi connectivity index (χ4v) is 4.94. The van der Waals surface area contributed by atoms with Crippen LogP contribution in [0.15, 0.2) is 28.7 Å². The maximum atomic E-state index is 3.72. The van der Waals surface area contributed by atoms with E-state index in [4.69, 9.17) is 0 Å². The van der Waals surface area contributed by atoms with Crippen molar-refractivity contribution in [3.63, 3.8) is 0 Å².